The molecule has 2 amide bonds. The number of nitrogens with zero attached hydrogens (tertiary/aromatic N) is 2. The number of hydrogen-bond donors (Lipinski definition) is 0. The van der Waals surface area contributed by atoms with Gasteiger partial charge >= 0.3 is 0 Å². The predicted molar refractivity (Wildman–Crippen MR) is 119 cm³/mol. The van der Waals surface area contributed by atoms with E-state index in [9.17, 15) is 18.0 Å². The summed E-state index contributed by atoms with van der Waals surface area (Å²) < 4.78 is 26.9. The van der Waals surface area contributed by atoms with E-state index in [-0.39, 0.29) is 16.4 Å². The molecule has 0 radical (unpaired) electrons. The molecule has 0 aromatic heterocycles. The molecule has 0 saturated carbocycles. The Balaban J connectivity index is 1.40. The first-order chi connectivity index (χ1) is 14.9. The minimum Gasteiger partial charge on any atom is -0.341 e. The lowest BCUT2D eigenvalue weighted by Crippen LogP contribution is -2.46. The van der Waals surface area contributed by atoms with Gasteiger partial charge in [-0.25, -0.2) is 12.7 Å². The third-order valence-corrected chi connectivity index (χ3v) is 8.02. The molecule has 2 aromatic carbocycles. The lowest BCUT2D eigenvalue weighted by atomic mass is 9.90. The monoisotopic (exact) mass is 438 g/mol. The molecule has 2 heterocycles. The van der Waals surface area contributed by atoms with E-state index in [0.29, 0.717) is 24.6 Å². The molecule has 2 aromatic rings. The van der Waals surface area contributed by atoms with E-state index in [1.165, 1.54) is 12.5 Å². The quantitative estimate of drug-likeness (QED) is 0.719. The molecule has 0 unspecified atom stereocenters. The molecular formula is C24H26N2O4S. The average Bonchev–Trinajstić information content (AvgIpc) is 2.94. The van der Waals surface area contributed by atoms with Crippen LogP contribution in [0.3, 0.4) is 0 Å². The van der Waals surface area contributed by atoms with Crippen molar-refractivity contribution in [3.63, 3.8) is 0 Å². The molecule has 162 valence electrons. The van der Waals surface area contributed by atoms with Crippen molar-refractivity contribution in [1.29, 1.82) is 0 Å². The SMILES string of the molecule is CC1=C(c2ccccc2)S(=O)(=O)N(CC(=O)N2CCC(Cc3ccccc3)CC2)C1=O. The topological polar surface area (TPSA) is 74.8 Å². The smallest absolute Gasteiger partial charge is 0.268 e. The Morgan fingerprint density at radius 3 is 2.16 bits per heavy atom. The molecule has 31 heavy (non-hydrogen) atoms. The number of amides is 2. The number of rotatable bonds is 5. The molecule has 2 aliphatic heterocycles. The van der Waals surface area contributed by atoms with Crippen LogP contribution in [-0.4, -0.2) is 49.1 Å². The molecule has 0 bridgehead atoms. The summed E-state index contributed by atoms with van der Waals surface area (Å²) in [6.07, 6.45) is 2.72. The van der Waals surface area contributed by atoms with Gasteiger partial charge in [-0.3, -0.25) is 9.59 Å². The first-order valence-corrected chi connectivity index (χ1v) is 12.0. The van der Waals surface area contributed by atoms with Crippen molar-refractivity contribution in [2.45, 2.75) is 26.2 Å². The van der Waals surface area contributed by atoms with Gasteiger partial charge in [0.15, 0.2) is 0 Å². The zero-order valence-corrected chi connectivity index (χ0v) is 18.3. The Morgan fingerprint density at radius 2 is 1.55 bits per heavy atom. The molecule has 0 aliphatic carbocycles. The van der Waals surface area contributed by atoms with Crippen molar-refractivity contribution in [3.05, 3.63) is 77.4 Å². The predicted octanol–water partition coefficient (Wildman–Crippen LogP) is 3.07. The van der Waals surface area contributed by atoms with Gasteiger partial charge in [0.1, 0.15) is 11.4 Å². The van der Waals surface area contributed by atoms with Gasteiger partial charge in [-0.2, -0.15) is 0 Å². The van der Waals surface area contributed by atoms with Crippen LogP contribution in [0.4, 0.5) is 0 Å². The highest BCUT2D eigenvalue weighted by molar-refractivity contribution is 7.99. The number of carbonyl (C=O) groups excluding carboxylic acids is 2. The first kappa shape index (κ1) is 21.3. The maximum absolute atomic E-state index is 13.1. The van der Waals surface area contributed by atoms with Crippen molar-refractivity contribution in [2.75, 3.05) is 19.6 Å². The van der Waals surface area contributed by atoms with Gasteiger partial charge in [-0.05, 0) is 43.2 Å². The second-order valence-electron chi connectivity index (χ2n) is 8.15. The highest BCUT2D eigenvalue weighted by Crippen LogP contribution is 2.35. The molecule has 2 aliphatic rings. The summed E-state index contributed by atoms with van der Waals surface area (Å²) in [6.45, 7) is 2.21. The van der Waals surface area contributed by atoms with Crippen LogP contribution in [0.2, 0.25) is 0 Å². The van der Waals surface area contributed by atoms with Crippen LogP contribution in [0.1, 0.15) is 30.9 Å². The van der Waals surface area contributed by atoms with Crippen molar-refractivity contribution in [1.82, 2.24) is 9.21 Å². The number of hydrogen-bond acceptors (Lipinski definition) is 4. The summed E-state index contributed by atoms with van der Waals surface area (Å²) in [5, 5.41) is 0. The Kier molecular flexibility index (Phi) is 5.96. The number of carbonyl (C=O) groups is 2. The number of likely N-dealkylation sites (tertiary alicyclic amines) is 1. The zero-order chi connectivity index (χ0) is 22.0. The van der Waals surface area contributed by atoms with Gasteiger partial charge in [-0.15, -0.1) is 0 Å². The van der Waals surface area contributed by atoms with Gasteiger partial charge < -0.3 is 4.90 Å². The summed E-state index contributed by atoms with van der Waals surface area (Å²) in [4.78, 5) is 27.2. The van der Waals surface area contributed by atoms with E-state index in [1.54, 1.807) is 35.2 Å². The number of sulfonamides is 1. The summed E-state index contributed by atoms with van der Waals surface area (Å²) in [5.74, 6) is -0.444. The minimum absolute atomic E-state index is 0.00697. The normalized spacial score (nSPS) is 19.2. The summed E-state index contributed by atoms with van der Waals surface area (Å²) in [5.41, 5.74) is 1.90. The molecule has 6 nitrogen and oxygen atoms in total. The highest BCUT2D eigenvalue weighted by atomic mass is 32.2. The zero-order valence-electron chi connectivity index (χ0n) is 17.5. The van der Waals surface area contributed by atoms with Gasteiger partial charge in [0.2, 0.25) is 5.91 Å². The maximum atomic E-state index is 13.1. The molecule has 0 spiro atoms. The second kappa shape index (κ2) is 8.67. The molecule has 0 atom stereocenters. The highest BCUT2D eigenvalue weighted by Gasteiger charge is 2.43. The summed E-state index contributed by atoms with van der Waals surface area (Å²) >= 11 is 0. The Bertz CT molecular complexity index is 1100. The second-order valence-corrected chi connectivity index (χ2v) is 9.95. The van der Waals surface area contributed by atoms with E-state index in [4.69, 9.17) is 0 Å². The van der Waals surface area contributed by atoms with E-state index in [1.807, 2.05) is 18.2 Å². The molecule has 1 fully saturated rings. The fraction of sp³-hybridized carbons (Fsp3) is 0.333. The molecule has 0 N–H and O–H groups in total. The summed E-state index contributed by atoms with van der Waals surface area (Å²) in [6, 6.07) is 18.8. The third kappa shape index (κ3) is 4.28. The van der Waals surface area contributed by atoms with Crippen LogP contribution < -0.4 is 0 Å². The fourth-order valence-electron chi connectivity index (χ4n) is 4.37. The van der Waals surface area contributed by atoms with E-state index < -0.39 is 22.5 Å². The van der Waals surface area contributed by atoms with Crippen molar-refractivity contribution < 1.29 is 18.0 Å². The third-order valence-electron chi connectivity index (χ3n) is 6.09. The Hall–Kier alpha value is -2.93. The number of piperidine rings is 1. The molecule has 7 heteroatoms. The van der Waals surface area contributed by atoms with Crippen LogP contribution in [-0.2, 0) is 26.0 Å². The Morgan fingerprint density at radius 1 is 0.968 bits per heavy atom. The van der Waals surface area contributed by atoms with Crippen LogP contribution >= 0.6 is 0 Å². The fourth-order valence-corrected chi connectivity index (χ4v) is 6.13. The summed E-state index contributed by atoms with van der Waals surface area (Å²) in [7, 11) is -4.05. The average molecular weight is 439 g/mol. The van der Waals surface area contributed by atoms with Crippen LogP contribution in [0, 0.1) is 5.92 Å². The van der Waals surface area contributed by atoms with Crippen LogP contribution in [0.5, 0.6) is 0 Å². The van der Waals surface area contributed by atoms with Crippen molar-refractivity contribution in [2.24, 2.45) is 5.92 Å². The first-order valence-electron chi connectivity index (χ1n) is 10.5. The lowest BCUT2D eigenvalue weighted by molar-refractivity contribution is -0.136. The number of benzene rings is 2. The minimum atomic E-state index is -4.05. The lowest BCUT2D eigenvalue weighted by Gasteiger charge is -2.33. The van der Waals surface area contributed by atoms with E-state index >= 15 is 0 Å². The molecule has 1 saturated heterocycles. The van der Waals surface area contributed by atoms with Gasteiger partial charge in [-0.1, -0.05) is 60.7 Å². The van der Waals surface area contributed by atoms with Gasteiger partial charge in [0.25, 0.3) is 15.9 Å². The molecule has 4 rings (SSSR count). The standard InChI is InChI=1S/C24H26N2O4S/c1-18-23(21-10-6-3-7-11-21)31(29,30)26(24(18)28)17-22(27)25-14-12-20(13-15-25)16-19-8-4-2-5-9-19/h2-11,20H,12-17H2,1H3. The van der Waals surface area contributed by atoms with Crippen molar-refractivity contribution in [3.8, 4) is 0 Å². The van der Waals surface area contributed by atoms with Crippen LogP contribution in [0.25, 0.3) is 4.91 Å². The van der Waals surface area contributed by atoms with Gasteiger partial charge in [0.05, 0.1) is 0 Å². The maximum Gasteiger partial charge on any atom is 0.268 e. The molecular weight excluding hydrogens is 412 g/mol. The van der Waals surface area contributed by atoms with Crippen LogP contribution in [0.15, 0.2) is 66.2 Å². The Labute approximate surface area is 183 Å². The largest absolute Gasteiger partial charge is 0.341 e. The van der Waals surface area contributed by atoms with E-state index in [2.05, 4.69) is 12.1 Å². The van der Waals surface area contributed by atoms with E-state index in [0.717, 1.165) is 23.6 Å². The van der Waals surface area contributed by atoms with Crippen molar-refractivity contribution >= 4 is 26.7 Å². The van der Waals surface area contributed by atoms with Gasteiger partial charge in [0, 0.05) is 18.7 Å².